The van der Waals surface area contributed by atoms with Crippen LogP contribution in [0.5, 0.6) is 11.5 Å². The maximum atomic E-state index is 13.0. The molecule has 0 fully saturated rings. The van der Waals surface area contributed by atoms with E-state index in [-0.39, 0.29) is 5.91 Å². The molecule has 0 aliphatic carbocycles. The second-order valence-corrected chi connectivity index (χ2v) is 7.97. The van der Waals surface area contributed by atoms with E-state index in [0.29, 0.717) is 31.1 Å². The second kappa shape index (κ2) is 12.1. The first-order valence-corrected chi connectivity index (χ1v) is 11.1. The smallest absolute Gasteiger partial charge is 0.223 e. The number of carbonyl (C=O) groups is 1. The quantitative estimate of drug-likeness (QED) is 0.365. The van der Waals surface area contributed by atoms with Crippen molar-refractivity contribution in [1.82, 2.24) is 4.90 Å². The van der Waals surface area contributed by atoms with Crippen LogP contribution >= 0.6 is 11.6 Å². The first kappa shape index (κ1) is 22.9. The van der Waals surface area contributed by atoms with Crippen LogP contribution in [0.15, 0.2) is 78.9 Å². The van der Waals surface area contributed by atoms with Crippen LogP contribution in [0.1, 0.15) is 36.8 Å². The van der Waals surface area contributed by atoms with Crippen molar-refractivity contribution in [3.63, 3.8) is 0 Å². The lowest BCUT2D eigenvalue weighted by Gasteiger charge is -2.23. The maximum absolute atomic E-state index is 13.0. The molecule has 0 saturated heterocycles. The molecule has 0 bridgehead atoms. The van der Waals surface area contributed by atoms with Gasteiger partial charge in [0.15, 0.2) is 0 Å². The Kier molecular flexibility index (Phi) is 8.95. The van der Waals surface area contributed by atoms with Gasteiger partial charge in [-0.05, 0) is 66.9 Å². The lowest BCUT2D eigenvalue weighted by Crippen LogP contribution is -2.30. The van der Waals surface area contributed by atoms with Gasteiger partial charge in [-0.25, -0.2) is 0 Å². The Morgan fingerprint density at radius 3 is 2.26 bits per heavy atom. The second-order valence-electron chi connectivity index (χ2n) is 7.54. The number of nitrogens with two attached hydrogens (primary N) is 1. The molecule has 0 heterocycles. The molecular weight excluding hydrogens is 408 g/mol. The fourth-order valence-corrected chi connectivity index (χ4v) is 3.48. The van der Waals surface area contributed by atoms with Gasteiger partial charge in [0.1, 0.15) is 11.5 Å². The zero-order chi connectivity index (χ0) is 21.9. The van der Waals surface area contributed by atoms with Crippen molar-refractivity contribution in [2.24, 2.45) is 5.73 Å². The summed E-state index contributed by atoms with van der Waals surface area (Å²) in [7, 11) is 0. The predicted octanol–water partition coefficient (Wildman–Crippen LogP) is 6.18. The average Bonchev–Trinajstić information content (AvgIpc) is 2.79. The first-order chi connectivity index (χ1) is 15.1. The third-order valence-corrected chi connectivity index (χ3v) is 5.24. The van der Waals surface area contributed by atoms with Crippen molar-refractivity contribution in [3.8, 4) is 11.5 Å². The Bertz CT molecular complexity index is 945. The van der Waals surface area contributed by atoms with Gasteiger partial charge in [-0.1, -0.05) is 60.5 Å². The Labute approximate surface area is 189 Å². The van der Waals surface area contributed by atoms with Crippen LogP contribution in [0, 0.1) is 0 Å². The van der Waals surface area contributed by atoms with Gasteiger partial charge in [0.25, 0.3) is 0 Å². The van der Waals surface area contributed by atoms with E-state index in [1.165, 1.54) is 0 Å². The minimum absolute atomic E-state index is 0.157. The van der Waals surface area contributed by atoms with Gasteiger partial charge in [0.2, 0.25) is 5.91 Å². The molecule has 2 N–H and O–H groups in total. The van der Waals surface area contributed by atoms with Crippen molar-refractivity contribution < 1.29 is 9.53 Å². The van der Waals surface area contributed by atoms with E-state index in [2.05, 4.69) is 12.1 Å². The average molecular weight is 437 g/mol. The number of rotatable bonds is 11. The molecule has 0 saturated carbocycles. The highest BCUT2D eigenvalue weighted by molar-refractivity contribution is 6.30. The summed E-state index contributed by atoms with van der Waals surface area (Å²) in [6, 6.07) is 25.2. The normalized spacial score (nSPS) is 10.6. The monoisotopic (exact) mass is 436 g/mol. The molecule has 0 aliphatic heterocycles. The molecule has 162 valence electrons. The van der Waals surface area contributed by atoms with Crippen LogP contribution in [0.3, 0.4) is 0 Å². The van der Waals surface area contributed by atoms with E-state index < -0.39 is 0 Å². The molecule has 3 aromatic rings. The Hall–Kier alpha value is -2.82. The number of carbonyl (C=O) groups excluding carboxylic acids is 1. The summed E-state index contributed by atoms with van der Waals surface area (Å²) in [5, 5.41) is 0.669. The molecule has 5 heteroatoms. The Morgan fingerprint density at radius 2 is 1.52 bits per heavy atom. The van der Waals surface area contributed by atoms with Gasteiger partial charge >= 0.3 is 0 Å². The molecule has 0 unspecified atom stereocenters. The minimum Gasteiger partial charge on any atom is -0.457 e. The van der Waals surface area contributed by atoms with Crippen molar-refractivity contribution in [2.75, 3.05) is 6.54 Å². The Morgan fingerprint density at radius 1 is 0.806 bits per heavy atom. The topological polar surface area (TPSA) is 55.6 Å². The summed E-state index contributed by atoms with van der Waals surface area (Å²) in [5.74, 6) is 1.61. The van der Waals surface area contributed by atoms with Crippen molar-refractivity contribution in [1.29, 1.82) is 0 Å². The van der Waals surface area contributed by atoms with E-state index >= 15 is 0 Å². The number of nitrogens with zero attached hydrogens (tertiary/aromatic N) is 1. The molecule has 3 aromatic carbocycles. The van der Waals surface area contributed by atoms with Crippen LogP contribution in [-0.2, 0) is 17.9 Å². The van der Waals surface area contributed by atoms with Crippen LogP contribution in [0.2, 0.25) is 5.02 Å². The number of benzene rings is 3. The van der Waals surface area contributed by atoms with Gasteiger partial charge < -0.3 is 15.4 Å². The summed E-state index contributed by atoms with van der Waals surface area (Å²) < 4.78 is 5.95. The Balaban J connectivity index is 1.70. The molecule has 0 aliphatic rings. The van der Waals surface area contributed by atoms with Gasteiger partial charge in [-0.15, -0.1) is 0 Å². The molecule has 0 radical (unpaired) electrons. The molecule has 0 aromatic heterocycles. The van der Waals surface area contributed by atoms with Gasteiger partial charge in [0.05, 0.1) is 0 Å². The van der Waals surface area contributed by atoms with Gasteiger partial charge in [-0.2, -0.15) is 0 Å². The third kappa shape index (κ3) is 7.74. The summed E-state index contributed by atoms with van der Waals surface area (Å²) >= 11 is 5.95. The summed E-state index contributed by atoms with van der Waals surface area (Å²) in [5.41, 5.74) is 7.72. The van der Waals surface area contributed by atoms with E-state index in [4.69, 9.17) is 22.1 Å². The standard InChI is InChI=1S/C26H29ClN2O2/c27-23-13-15-24(16-14-23)31-25-11-7-10-22(18-25)20-29(19-21-8-3-1-4-9-21)26(30)12-5-2-6-17-28/h1,3-4,7-11,13-16,18H,2,5-6,12,17,19-20,28H2. The highest BCUT2D eigenvalue weighted by Crippen LogP contribution is 2.24. The minimum atomic E-state index is 0.157. The summed E-state index contributed by atoms with van der Waals surface area (Å²) in [4.78, 5) is 14.9. The zero-order valence-electron chi connectivity index (χ0n) is 17.7. The van der Waals surface area contributed by atoms with E-state index in [1.807, 2.05) is 59.5 Å². The van der Waals surface area contributed by atoms with Gasteiger partial charge in [-0.3, -0.25) is 4.79 Å². The van der Waals surface area contributed by atoms with Crippen molar-refractivity contribution in [2.45, 2.75) is 38.8 Å². The van der Waals surface area contributed by atoms with Crippen LogP contribution in [0.25, 0.3) is 0 Å². The fraction of sp³-hybridized carbons (Fsp3) is 0.269. The first-order valence-electron chi connectivity index (χ1n) is 10.7. The number of ether oxygens (including phenoxy) is 1. The van der Waals surface area contributed by atoms with E-state index in [1.54, 1.807) is 12.1 Å². The van der Waals surface area contributed by atoms with E-state index in [9.17, 15) is 4.79 Å². The van der Waals surface area contributed by atoms with Gasteiger partial charge in [0, 0.05) is 24.5 Å². The number of unbranched alkanes of at least 4 members (excludes halogenated alkanes) is 2. The number of halogens is 1. The summed E-state index contributed by atoms with van der Waals surface area (Å²) in [6.45, 7) is 1.78. The largest absolute Gasteiger partial charge is 0.457 e. The lowest BCUT2D eigenvalue weighted by molar-refractivity contribution is -0.132. The van der Waals surface area contributed by atoms with Crippen LogP contribution in [-0.4, -0.2) is 17.4 Å². The highest BCUT2D eigenvalue weighted by atomic mass is 35.5. The number of hydrogen-bond donors (Lipinski definition) is 1. The molecule has 0 spiro atoms. The molecule has 4 nitrogen and oxygen atoms in total. The van der Waals surface area contributed by atoms with Crippen LogP contribution in [0.4, 0.5) is 0 Å². The molecule has 31 heavy (non-hydrogen) atoms. The van der Waals surface area contributed by atoms with Crippen LogP contribution < -0.4 is 10.5 Å². The number of amides is 1. The number of hydrogen-bond acceptors (Lipinski definition) is 3. The van der Waals surface area contributed by atoms with Crippen molar-refractivity contribution >= 4 is 17.5 Å². The SMILES string of the molecule is NCCCCCC(=O)N(Cc1ccccc1)Cc1cccc(Oc2ccc(Cl)cc2)c1. The van der Waals surface area contributed by atoms with Crippen molar-refractivity contribution in [3.05, 3.63) is 95.0 Å². The maximum Gasteiger partial charge on any atom is 0.223 e. The predicted molar refractivity (Wildman–Crippen MR) is 126 cm³/mol. The molecule has 3 rings (SSSR count). The third-order valence-electron chi connectivity index (χ3n) is 4.98. The fourth-order valence-electron chi connectivity index (χ4n) is 3.36. The van der Waals surface area contributed by atoms with E-state index in [0.717, 1.165) is 41.9 Å². The summed E-state index contributed by atoms with van der Waals surface area (Å²) in [6.07, 6.45) is 3.33. The molecule has 0 atom stereocenters. The highest BCUT2D eigenvalue weighted by Gasteiger charge is 2.15. The molecular formula is C26H29ClN2O2. The molecule has 1 amide bonds. The zero-order valence-corrected chi connectivity index (χ0v) is 18.4. The lowest BCUT2D eigenvalue weighted by atomic mass is 10.1.